The molecular formula is C15H18Cl2N4. The van der Waals surface area contributed by atoms with Gasteiger partial charge in [0.05, 0.1) is 10.0 Å². The molecule has 112 valence electrons. The second-order valence-electron chi connectivity index (χ2n) is 4.75. The van der Waals surface area contributed by atoms with Crippen molar-refractivity contribution in [3.05, 3.63) is 40.4 Å². The van der Waals surface area contributed by atoms with E-state index in [1.807, 2.05) is 50.2 Å². The Labute approximate surface area is 135 Å². The quantitative estimate of drug-likeness (QED) is 0.841. The average Bonchev–Trinajstić information content (AvgIpc) is 2.44. The van der Waals surface area contributed by atoms with Crippen molar-refractivity contribution in [2.75, 3.05) is 36.2 Å². The largest absolute Gasteiger partial charge is 0.378 e. The van der Waals surface area contributed by atoms with Crippen molar-refractivity contribution in [1.29, 1.82) is 0 Å². The van der Waals surface area contributed by atoms with Gasteiger partial charge in [-0.05, 0) is 31.2 Å². The van der Waals surface area contributed by atoms with Crippen molar-refractivity contribution in [1.82, 2.24) is 4.98 Å². The molecule has 6 heteroatoms. The highest BCUT2D eigenvalue weighted by atomic mass is 35.5. The molecule has 1 aromatic heterocycles. The molecule has 0 saturated heterocycles. The molecule has 2 aromatic rings. The summed E-state index contributed by atoms with van der Waals surface area (Å²) in [6.07, 6.45) is 0. The molecule has 0 bridgehead atoms. The topological polar surface area (TPSA) is 40.2 Å². The van der Waals surface area contributed by atoms with Crippen LogP contribution in [0.2, 0.25) is 10.0 Å². The van der Waals surface area contributed by atoms with Crippen LogP contribution in [0.4, 0.5) is 23.0 Å². The first-order chi connectivity index (χ1) is 10.0. The third-order valence-corrected chi connectivity index (χ3v) is 3.48. The molecule has 0 saturated carbocycles. The van der Waals surface area contributed by atoms with Gasteiger partial charge in [0.25, 0.3) is 0 Å². The van der Waals surface area contributed by atoms with Crippen molar-refractivity contribution in [3.8, 4) is 0 Å². The normalized spacial score (nSPS) is 10.3. The predicted octanol–water partition coefficient (Wildman–Crippen LogP) is 4.63. The molecule has 0 amide bonds. The van der Waals surface area contributed by atoms with Crippen molar-refractivity contribution < 1.29 is 0 Å². The molecule has 0 atom stereocenters. The van der Waals surface area contributed by atoms with E-state index in [0.717, 1.165) is 17.9 Å². The summed E-state index contributed by atoms with van der Waals surface area (Å²) in [5, 5.41) is 7.33. The summed E-state index contributed by atoms with van der Waals surface area (Å²) in [6.45, 7) is 2.73. The maximum Gasteiger partial charge on any atom is 0.151 e. The Kier molecular flexibility index (Phi) is 5.15. The highest BCUT2D eigenvalue weighted by molar-refractivity contribution is 6.37. The zero-order chi connectivity index (χ0) is 15.4. The van der Waals surface area contributed by atoms with Gasteiger partial charge in [0.1, 0.15) is 5.82 Å². The van der Waals surface area contributed by atoms with E-state index in [2.05, 4.69) is 15.6 Å². The van der Waals surface area contributed by atoms with Crippen LogP contribution in [-0.4, -0.2) is 25.6 Å². The van der Waals surface area contributed by atoms with Gasteiger partial charge in [-0.3, -0.25) is 0 Å². The number of benzene rings is 1. The number of aromatic nitrogens is 1. The molecule has 0 aliphatic heterocycles. The van der Waals surface area contributed by atoms with Crippen molar-refractivity contribution in [3.63, 3.8) is 0 Å². The van der Waals surface area contributed by atoms with Crippen molar-refractivity contribution >= 4 is 46.2 Å². The van der Waals surface area contributed by atoms with E-state index in [9.17, 15) is 0 Å². The lowest BCUT2D eigenvalue weighted by atomic mass is 10.2. The fraction of sp³-hybridized carbons (Fsp3) is 0.267. The molecule has 1 aromatic carbocycles. The summed E-state index contributed by atoms with van der Waals surface area (Å²) in [4.78, 5) is 6.47. The number of anilines is 4. The van der Waals surface area contributed by atoms with Crippen LogP contribution in [0.3, 0.4) is 0 Å². The van der Waals surface area contributed by atoms with Gasteiger partial charge in [0.15, 0.2) is 5.82 Å². The Morgan fingerprint density at radius 3 is 2.48 bits per heavy atom. The fourth-order valence-electron chi connectivity index (χ4n) is 1.84. The van der Waals surface area contributed by atoms with E-state index >= 15 is 0 Å². The molecule has 0 fully saturated rings. The lowest BCUT2D eigenvalue weighted by molar-refractivity contribution is 1.13. The first-order valence-electron chi connectivity index (χ1n) is 6.65. The third kappa shape index (κ3) is 3.93. The van der Waals surface area contributed by atoms with Gasteiger partial charge in [-0.2, -0.15) is 0 Å². The summed E-state index contributed by atoms with van der Waals surface area (Å²) >= 11 is 12.3. The Morgan fingerprint density at radius 2 is 1.81 bits per heavy atom. The molecule has 0 aliphatic rings. The Bertz CT molecular complexity index is 629. The second kappa shape index (κ2) is 6.87. The van der Waals surface area contributed by atoms with Gasteiger partial charge in [-0.1, -0.05) is 29.3 Å². The van der Waals surface area contributed by atoms with Crippen LogP contribution in [-0.2, 0) is 0 Å². The van der Waals surface area contributed by atoms with Crippen LogP contribution in [0.5, 0.6) is 0 Å². The molecule has 0 radical (unpaired) electrons. The van der Waals surface area contributed by atoms with E-state index in [-0.39, 0.29) is 0 Å². The van der Waals surface area contributed by atoms with Gasteiger partial charge in [-0.25, -0.2) is 4.98 Å². The fourth-order valence-corrected chi connectivity index (χ4v) is 2.32. The third-order valence-electron chi connectivity index (χ3n) is 2.90. The van der Waals surface area contributed by atoms with E-state index in [1.54, 1.807) is 6.07 Å². The summed E-state index contributed by atoms with van der Waals surface area (Å²) in [6, 6.07) is 9.69. The Hall–Kier alpha value is -1.65. The highest BCUT2D eigenvalue weighted by Gasteiger charge is 2.09. The molecule has 0 spiro atoms. The Balaban J connectivity index is 2.30. The number of halogens is 2. The smallest absolute Gasteiger partial charge is 0.151 e. The van der Waals surface area contributed by atoms with Crippen LogP contribution in [0.1, 0.15) is 6.92 Å². The van der Waals surface area contributed by atoms with E-state index in [0.29, 0.717) is 21.7 Å². The molecule has 2 N–H and O–H groups in total. The maximum atomic E-state index is 6.21. The summed E-state index contributed by atoms with van der Waals surface area (Å²) in [5.74, 6) is 1.20. The molecule has 0 aliphatic carbocycles. The second-order valence-corrected chi connectivity index (χ2v) is 5.56. The van der Waals surface area contributed by atoms with Crippen LogP contribution < -0.4 is 15.5 Å². The Morgan fingerprint density at radius 1 is 1.10 bits per heavy atom. The minimum atomic E-state index is 0.483. The van der Waals surface area contributed by atoms with E-state index in [1.165, 1.54) is 0 Å². The van der Waals surface area contributed by atoms with Crippen molar-refractivity contribution in [2.24, 2.45) is 0 Å². The molecular weight excluding hydrogens is 307 g/mol. The monoisotopic (exact) mass is 324 g/mol. The van der Waals surface area contributed by atoms with Crippen LogP contribution >= 0.6 is 23.2 Å². The van der Waals surface area contributed by atoms with Gasteiger partial charge in [0.2, 0.25) is 0 Å². The van der Waals surface area contributed by atoms with Crippen LogP contribution in [0.15, 0.2) is 30.3 Å². The van der Waals surface area contributed by atoms with Crippen LogP contribution in [0.25, 0.3) is 0 Å². The van der Waals surface area contributed by atoms with Gasteiger partial charge in [0, 0.05) is 32.0 Å². The standard InChI is InChI=1S/C15H18Cl2N4/c1-4-18-14-12(16)9-13(17)15(20-14)19-10-6-5-7-11(8-10)21(2)3/h5-9H,4H2,1-3H3,(H2,18,19,20). The molecule has 2 rings (SSSR count). The SMILES string of the molecule is CCNc1nc(Nc2cccc(N(C)C)c2)c(Cl)cc1Cl. The molecule has 0 unspecified atom stereocenters. The minimum Gasteiger partial charge on any atom is -0.378 e. The first kappa shape index (κ1) is 15.7. The van der Waals surface area contributed by atoms with Gasteiger partial charge >= 0.3 is 0 Å². The number of hydrogen-bond acceptors (Lipinski definition) is 4. The predicted molar refractivity (Wildman–Crippen MR) is 92.5 cm³/mol. The lowest BCUT2D eigenvalue weighted by Crippen LogP contribution is -2.08. The molecule has 4 nitrogen and oxygen atoms in total. The van der Waals surface area contributed by atoms with Gasteiger partial charge < -0.3 is 15.5 Å². The summed E-state index contributed by atoms with van der Waals surface area (Å²) in [5.41, 5.74) is 2.01. The van der Waals surface area contributed by atoms with Crippen LogP contribution in [0, 0.1) is 0 Å². The summed E-state index contributed by atoms with van der Waals surface area (Å²) in [7, 11) is 3.99. The number of nitrogens with one attached hydrogen (secondary N) is 2. The highest BCUT2D eigenvalue weighted by Crippen LogP contribution is 2.31. The van der Waals surface area contributed by atoms with E-state index in [4.69, 9.17) is 23.2 Å². The number of hydrogen-bond donors (Lipinski definition) is 2. The summed E-state index contributed by atoms with van der Waals surface area (Å²) < 4.78 is 0. The number of pyridine rings is 1. The number of rotatable bonds is 5. The van der Waals surface area contributed by atoms with E-state index < -0.39 is 0 Å². The first-order valence-corrected chi connectivity index (χ1v) is 7.41. The van der Waals surface area contributed by atoms with Crippen molar-refractivity contribution in [2.45, 2.75) is 6.92 Å². The van der Waals surface area contributed by atoms with Gasteiger partial charge in [-0.15, -0.1) is 0 Å². The minimum absolute atomic E-state index is 0.483. The lowest BCUT2D eigenvalue weighted by Gasteiger charge is -2.15. The average molecular weight is 325 g/mol. The molecule has 1 heterocycles. The maximum absolute atomic E-state index is 6.21. The number of nitrogens with zero attached hydrogens (tertiary/aromatic N) is 2. The zero-order valence-corrected chi connectivity index (χ0v) is 13.8. The molecule has 21 heavy (non-hydrogen) atoms. The zero-order valence-electron chi connectivity index (χ0n) is 12.2.